The zero-order valence-electron chi connectivity index (χ0n) is 9.69. The molecule has 1 atom stereocenters. The summed E-state index contributed by atoms with van der Waals surface area (Å²) in [5.74, 6) is 0.879. The summed E-state index contributed by atoms with van der Waals surface area (Å²) in [5.41, 5.74) is 0.158. The van der Waals surface area contributed by atoms with Crippen LogP contribution in [0.3, 0.4) is 0 Å². The first kappa shape index (κ1) is 10.1. The van der Waals surface area contributed by atoms with Crippen molar-refractivity contribution >= 4 is 0 Å². The van der Waals surface area contributed by atoms with Crippen LogP contribution in [0, 0.1) is 0 Å². The van der Waals surface area contributed by atoms with Crippen LogP contribution in [-0.2, 0) is 11.8 Å². The van der Waals surface area contributed by atoms with E-state index in [1.54, 1.807) is 10.9 Å². The lowest BCUT2D eigenvalue weighted by Crippen LogP contribution is -2.48. The van der Waals surface area contributed by atoms with Gasteiger partial charge in [0.25, 0.3) is 0 Å². The maximum Gasteiger partial charge on any atom is 0.157 e. The molecule has 1 spiro atoms. The van der Waals surface area contributed by atoms with Crippen LogP contribution in [-0.4, -0.2) is 28.1 Å². The second-order valence-electron chi connectivity index (χ2n) is 4.97. The summed E-state index contributed by atoms with van der Waals surface area (Å²) in [7, 11) is 1.91. The molecule has 0 aromatic carbocycles. The predicted molar refractivity (Wildman–Crippen MR) is 59.4 cm³/mol. The zero-order valence-corrected chi connectivity index (χ0v) is 9.69. The van der Waals surface area contributed by atoms with E-state index in [1.807, 2.05) is 13.2 Å². The molecule has 1 aliphatic carbocycles. The van der Waals surface area contributed by atoms with Crippen molar-refractivity contribution in [2.45, 2.75) is 43.8 Å². The van der Waals surface area contributed by atoms with Gasteiger partial charge in [-0.2, -0.15) is 5.10 Å². The van der Waals surface area contributed by atoms with Crippen LogP contribution in [0.25, 0.3) is 0 Å². The lowest BCUT2D eigenvalue weighted by molar-refractivity contribution is -0.153. The predicted octanol–water partition coefficient (Wildman–Crippen LogP) is 1.90. The van der Waals surface area contributed by atoms with Crippen molar-refractivity contribution in [2.75, 3.05) is 6.61 Å². The van der Waals surface area contributed by atoms with Crippen LogP contribution in [0.15, 0.2) is 12.4 Å². The monoisotopic (exact) mass is 222 g/mol. The molecular formula is C12H18N2O2. The van der Waals surface area contributed by atoms with E-state index in [0.717, 1.165) is 25.2 Å². The molecule has 88 valence electrons. The van der Waals surface area contributed by atoms with Crippen molar-refractivity contribution in [1.82, 2.24) is 9.78 Å². The molecule has 16 heavy (non-hydrogen) atoms. The van der Waals surface area contributed by atoms with E-state index in [1.165, 1.54) is 19.3 Å². The maximum absolute atomic E-state index is 5.94. The lowest BCUT2D eigenvalue weighted by Gasteiger charge is -2.46. The Morgan fingerprint density at radius 3 is 3.06 bits per heavy atom. The van der Waals surface area contributed by atoms with Gasteiger partial charge >= 0.3 is 0 Å². The van der Waals surface area contributed by atoms with Gasteiger partial charge in [-0.05, 0) is 19.3 Å². The molecule has 2 fully saturated rings. The number of rotatable bonds is 2. The average Bonchev–Trinajstić information content (AvgIpc) is 2.62. The standard InChI is InChI=1S/C12H18N2O2/c1-14-9-11(8-13-14)16-10-3-6-15-12(7-10)4-2-5-12/h8-10H,2-7H2,1H3. The first-order chi connectivity index (χ1) is 7.76. The van der Waals surface area contributed by atoms with E-state index in [-0.39, 0.29) is 5.60 Å². The minimum Gasteiger partial charge on any atom is -0.487 e. The highest BCUT2D eigenvalue weighted by molar-refractivity contribution is 5.12. The number of hydrogen-bond donors (Lipinski definition) is 0. The van der Waals surface area contributed by atoms with E-state index in [4.69, 9.17) is 9.47 Å². The van der Waals surface area contributed by atoms with Gasteiger partial charge in [-0.1, -0.05) is 0 Å². The van der Waals surface area contributed by atoms with Crippen molar-refractivity contribution in [1.29, 1.82) is 0 Å². The van der Waals surface area contributed by atoms with Gasteiger partial charge in [0, 0.05) is 19.9 Å². The van der Waals surface area contributed by atoms with Crippen LogP contribution >= 0.6 is 0 Å². The molecule has 4 nitrogen and oxygen atoms in total. The number of hydrogen-bond acceptors (Lipinski definition) is 3. The molecule has 1 aliphatic heterocycles. The summed E-state index contributed by atoms with van der Waals surface area (Å²) in [6, 6.07) is 0. The smallest absolute Gasteiger partial charge is 0.157 e. The van der Waals surface area contributed by atoms with Gasteiger partial charge < -0.3 is 9.47 Å². The van der Waals surface area contributed by atoms with Crippen LogP contribution in [0.4, 0.5) is 0 Å². The van der Waals surface area contributed by atoms with Crippen molar-refractivity contribution in [2.24, 2.45) is 7.05 Å². The summed E-state index contributed by atoms with van der Waals surface area (Å²) < 4.78 is 13.6. The Kier molecular flexibility index (Phi) is 2.39. The maximum atomic E-state index is 5.94. The van der Waals surface area contributed by atoms with Gasteiger partial charge in [0.15, 0.2) is 5.75 Å². The lowest BCUT2D eigenvalue weighted by atomic mass is 9.74. The summed E-state index contributed by atoms with van der Waals surface area (Å²) >= 11 is 0. The minimum absolute atomic E-state index is 0.158. The van der Waals surface area contributed by atoms with Gasteiger partial charge in [0.1, 0.15) is 6.10 Å². The van der Waals surface area contributed by atoms with Gasteiger partial charge in [0.05, 0.1) is 24.6 Å². The molecule has 1 aromatic rings. The highest BCUT2D eigenvalue weighted by atomic mass is 16.5. The second kappa shape index (κ2) is 3.77. The van der Waals surface area contributed by atoms with Crippen molar-refractivity contribution in [3.8, 4) is 5.75 Å². The molecule has 1 unspecified atom stereocenters. The molecule has 4 heteroatoms. The van der Waals surface area contributed by atoms with Gasteiger partial charge in [-0.15, -0.1) is 0 Å². The Labute approximate surface area is 95.5 Å². The van der Waals surface area contributed by atoms with Crippen molar-refractivity contribution < 1.29 is 9.47 Å². The number of aromatic nitrogens is 2. The summed E-state index contributed by atoms with van der Waals surface area (Å²) in [5, 5.41) is 4.11. The SMILES string of the molecule is Cn1cc(OC2CCOC3(CCC3)C2)cn1. The molecule has 0 N–H and O–H groups in total. The third-order valence-electron chi connectivity index (χ3n) is 3.70. The minimum atomic E-state index is 0.158. The molecular weight excluding hydrogens is 204 g/mol. The van der Waals surface area contributed by atoms with Crippen molar-refractivity contribution in [3.63, 3.8) is 0 Å². The fourth-order valence-electron chi connectivity index (χ4n) is 2.66. The van der Waals surface area contributed by atoms with E-state index < -0.39 is 0 Å². The normalized spacial score (nSPS) is 27.7. The Balaban J connectivity index is 1.62. The molecule has 1 saturated carbocycles. The fraction of sp³-hybridized carbons (Fsp3) is 0.750. The molecule has 1 saturated heterocycles. The van der Waals surface area contributed by atoms with Gasteiger partial charge in [-0.3, -0.25) is 4.68 Å². The molecule has 0 amide bonds. The molecule has 2 aliphatic rings. The third-order valence-corrected chi connectivity index (χ3v) is 3.70. The zero-order chi connectivity index (χ0) is 11.0. The highest BCUT2D eigenvalue weighted by Crippen LogP contribution is 2.43. The Morgan fingerprint density at radius 2 is 2.44 bits per heavy atom. The topological polar surface area (TPSA) is 36.3 Å². The second-order valence-corrected chi connectivity index (χ2v) is 4.97. The van der Waals surface area contributed by atoms with E-state index in [2.05, 4.69) is 5.10 Å². The Hall–Kier alpha value is -1.03. The summed E-state index contributed by atoms with van der Waals surface area (Å²) in [6.45, 7) is 0.838. The van der Waals surface area contributed by atoms with Crippen LogP contribution in [0.2, 0.25) is 0 Å². The van der Waals surface area contributed by atoms with E-state index >= 15 is 0 Å². The molecule has 2 heterocycles. The Bertz CT molecular complexity index is 371. The van der Waals surface area contributed by atoms with Crippen molar-refractivity contribution in [3.05, 3.63) is 12.4 Å². The highest BCUT2D eigenvalue weighted by Gasteiger charge is 2.43. The molecule has 3 rings (SSSR count). The fourth-order valence-corrected chi connectivity index (χ4v) is 2.66. The van der Waals surface area contributed by atoms with Crippen LogP contribution in [0.1, 0.15) is 32.1 Å². The van der Waals surface area contributed by atoms with Crippen LogP contribution in [0.5, 0.6) is 5.75 Å². The molecule has 0 radical (unpaired) electrons. The van der Waals surface area contributed by atoms with Gasteiger partial charge in [-0.25, -0.2) is 0 Å². The molecule has 0 bridgehead atoms. The number of aryl methyl sites for hydroxylation is 1. The van der Waals surface area contributed by atoms with Gasteiger partial charge in [0.2, 0.25) is 0 Å². The van der Waals surface area contributed by atoms with Crippen LogP contribution < -0.4 is 4.74 Å². The third kappa shape index (κ3) is 1.82. The summed E-state index contributed by atoms with van der Waals surface area (Å²) in [4.78, 5) is 0. The average molecular weight is 222 g/mol. The van der Waals surface area contributed by atoms with E-state index in [9.17, 15) is 0 Å². The Morgan fingerprint density at radius 1 is 1.56 bits per heavy atom. The quantitative estimate of drug-likeness (QED) is 0.766. The first-order valence-electron chi connectivity index (χ1n) is 6.05. The largest absolute Gasteiger partial charge is 0.487 e. The summed E-state index contributed by atoms with van der Waals surface area (Å²) in [6.07, 6.45) is 9.77. The number of ether oxygens (including phenoxy) is 2. The number of nitrogens with zero attached hydrogens (tertiary/aromatic N) is 2. The molecule has 1 aromatic heterocycles. The first-order valence-corrected chi connectivity index (χ1v) is 6.05. The van der Waals surface area contributed by atoms with E-state index in [0.29, 0.717) is 6.10 Å².